The molecular weight excluding hydrogens is 342 g/mol. The minimum absolute atomic E-state index is 0.0341. The minimum Gasteiger partial charge on any atom is -0.508 e. The SMILES string of the molecule is COc1ccc2cc(S(N)(=O)=O)ccc2c1C(=O)c1ccc(O)cc1. The van der Waals surface area contributed by atoms with Gasteiger partial charge in [-0.25, -0.2) is 13.6 Å². The van der Waals surface area contributed by atoms with E-state index in [-0.39, 0.29) is 16.4 Å². The molecule has 3 N–H and O–H groups in total. The molecule has 3 aromatic carbocycles. The molecule has 25 heavy (non-hydrogen) atoms. The van der Waals surface area contributed by atoms with Crippen LogP contribution in [0.2, 0.25) is 0 Å². The first kappa shape index (κ1) is 16.9. The number of sulfonamides is 1. The van der Waals surface area contributed by atoms with Crippen molar-refractivity contribution in [2.24, 2.45) is 5.14 Å². The van der Waals surface area contributed by atoms with Crippen LogP contribution >= 0.6 is 0 Å². The van der Waals surface area contributed by atoms with Crippen LogP contribution in [0.4, 0.5) is 0 Å². The fourth-order valence-corrected chi connectivity index (χ4v) is 3.18. The molecule has 0 aliphatic heterocycles. The normalized spacial score (nSPS) is 11.4. The highest BCUT2D eigenvalue weighted by molar-refractivity contribution is 7.89. The van der Waals surface area contributed by atoms with E-state index in [1.807, 2.05) is 0 Å². The van der Waals surface area contributed by atoms with Crippen LogP contribution in [-0.4, -0.2) is 26.4 Å². The monoisotopic (exact) mass is 357 g/mol. The summed E-state index contributed by atoms with van der Waals surface area (Å²) in [5.41, 5.74) is 0.686. The van der Waals surface area contributed by atoms with Crippen molar-refractivity contribution in [2.45, 2.75) is 4.90 Å². The lowest BCUT2D eigenvalue weighted by Gasteiger charge is -2.12. The number of fused-ring (bicyclic) bond motifs is 1. The van der Waals surface area contributed by atoms with Gasteiger partial charge in [0.15, 0.2) is 5.78 Å². The molecule has 0 radical (unpaired) electrons. The summed E-state index contributed by atoms with van der Waals surface area (Å²) < 4.78 is 28.4. The quantitative estimate of drug-likeness (QED) is 0.698. The maximum Gasteiger partial charge on any atom is 0.238 e. The van der Waals surface area contributed by atoms with Crippen LogP contribution in [0.3, 0.4) is 0 Å². The van der Waals surface area contributed by atoms with E-state index in [0.29, 0.717) is 27.6 Å². The fraction of sp³-hybridized carbons (Fsp3) is 0.0556. The summed E-state index contributed by atoms with van der Waals surface area (Å²) in [5, 5.41) is 15.6. The van der Waals surface area contributed by atoms with E-state index in [9.17, 15) is 18.3 Å². The fourth-order valence-electron chi connectivity index (χ4n) is 2.63. The molecule has 0 aliphatic carbocycles. The Balaban J connectivity index is 2.24. The number of primary sulfonamides is 1. The van der Waals surface area contributed by atoms with Gasteiger partial charge in [0.25, 0.3) is 0 Å². The average molecular weight is 357 g/mol. The molecule has 0 aromatic heterocycles. The molecule has 0 saturated heterocycles. The lowest BCUT2D eigenvalue weighted by Crippen LogP contribution is -2.12. The Hall–Kier alpha value is -2.90. The second-order valence-corrected chi connectivity index (χ2v) is 7.01. The van der Waals surface area contributed by atoms with Crippen molar-refractivity contribution >= 4 is 26.6 Å². The van der Waals surface area contributed by atoms with E-state index in [0.717, 1.165) is 0 Å². The van der Waals surface area contributed by atoms with Gasteiger partial charge in [0.1, 0.15) is 11.5 Å². The Morgan fingerprint density at radius 1 is 1.04 bits per heavy atom. The lowest BCUT2D eigenvalue weighted by atomic mass is 9.96. The largest absolute Gasteiger partial charge is 0.508 e. The summed E-state index contributed by atoms with van der Waals surface area (Å²) in [6.07, 6.45) is 0. The first-order chi connectivity index (χ1) is 11.8. The number of ether oxygens (including phenoxy) is 1. The van der Waals surface area contributed by atoms with Crippen LogP contribution in [0.5, 0.6) is 11.5 Å². The zero-order valence-corrected chi connectivity index (χ0v) is 14.1. The molecule has 0 bridgehead atoms. The average Bonchev–Trinajstić information content (AvgIpc) is 2.59. The topological polar surface area (TPSA) is 107 Å². The number of phenols is 1. The van der Waals surface area contributed by atoms with Crippen LogP contribution in [0.1, 0.15) is 15.9 Å². The number of hydrogen-bond donors (Lipinski definition) is 2. The van der Waals surface area contributed by atoms with Gasteiger partial charge in [-0.1, -0.05) is 12.1 Å². The van der Waals surface area contributed by atoms with Crippen molar-refractivity contribution in [1.82, 2.24) is 0 Å². The van der Waals surface area contributed by atoms with Gasteiger partial charge in [-0.2, -0.15) is 0 Å². The number of hydrogen-bond acceptors (Lipinski definition) is 5. The molecule has 3 rings (SSSR count). The van der Waals surface area contributed by atoms with Gasteiger partial charge in [-0.05, 0) is 53.2 Å². The van der Waals surface area contributed by atoms with Crippen molar-refractivity contribution in [3.8, 4) is 11.5 Å². The van der Waals surface area contributed by atoms with Crippen molar-refractivity contribution in [2.75, 3.05) is 7.11 Å². The van der Waals surface area contributed by atoms with Crippen LogP contribution in [0, 0.1) is 0 Å². The zero-order chi connectivity index (χ0) is 18.2. The molecule has 0 spiro atoms. The Morgan fingerprint density at radius 2 is 1.72 bits per heavy atom. The van der Waals surface area contributed by atoms with Crippen molar-refractivity contribution < 1.29 is 23.1 Å². The predicted molar refractivity (Wildman–Crippen MR) is 93.4 cm³/mol. The first-order valence-corrected chi connectivity index (χ1v) is 8.83. The first-order valence-electron chi connectivity index (χ1n) is 7.28. The van der Waals surface area contributed by atoms with Gasteiger partial charge in [0.2, 0.25) is 10.0 Å². The van der Waals surface area contributed by atoms with E-state index >= 15 is 0 Å². The minimum atomic E-state index is -3.84. The van der Waals surface area contributed by atoms with E-state index in [2.05, 4.69) is 0 Å². The summed E-state index contributed by atoms with van der Waals surface area (Å²) in [4.78, 5) is 12.9. The van der Waals surface area contributed by atoms with E-state index in [1.165, 1.54) is 49.6 Å². The Morgan fingerprint density at radius 3 is 2.32 bits per heavy atom. The van der Waals surface area contributed by atoms with Crippen molar-refractivity contribution in [1.29, 1.82) is 0 Å². The number of carbonyl (C=O) groups is 1. The molecule has 0 amide bonds. The van der Waals surface area contributed by atoms with Gasteiger partial charge in [-0.15, -0.1) is 0 Å². The van der Waals surface area contributed by atoms with Crippen LogP contribution in [-0.2, 0) is 10.0 Å². The van der Waals surface area contributed by atoms with Gasteiger partial charge < -0.3 is 9.84 Å². The summed E-state index contributed by atoms with van der Waals surface area (Å²) in [6.45, 7) is 0. The molecule has 0 unspecified atom stereocenters. The summed E-state index contributed by atoms with van der Waals surface area (Å²) in [6, 6.07) is 13.4. The Labute approximate surface area is 144 Å². The summed E-state index contributed by atoms with van der Waals surface area (Å²) in [5.74, 6) is 0.124. The molecule has 128 valence electrons. The molecule has 0 saturated carbocycles. The van der Waals surface area contributed by atoms with E-state index < -0.39 is 10.0 Å². The van der Waals surface area contributed by atoms with Gasteiger partial charge in [0, 0.05) is 5.56 Å². The lowest BCUT2D eigenvalue weighted by molar-refractivity contribution is 0.103. The van der Waals surface area contributed by atoms with Crippen molar-refractivity contribution in [3.63, 3.8) is 0 Å². The molecule has 0 aliphatic rings. The second kappa shape index (κ2) is 6.19. The second-order valence-electron chi connectivity index (χ2n) is 5.45. The number of aromatic hydroxyl groups is 1. The molecule has 6 nitrogen and oxygen atoms in total. The van der Waals surface area contributed by atoms with E-state index in [1.54, 1.807) is 12.1 Å². The highest BCUT2D eigenvalue weighted by atomic mass is 32.2. The number of rotatable bonds is 4. The molecule has 3 aromatic rings. The van der Waals surface area contributed by atoms with Gasteiger partial charge in [-0.3, -0.25) is 4.79 Å². The number of benzene rings is 3. The van der Waals surface area contributed by atoms with Crippen molar-refractivity contribution in [3.05, 3.63) is 65.7 Å². The zero-order valence-electron chi connectivity index (χ0n) is 13.3. The summed E-state index contributed by atoms with van der Waals surface area (Å²) >= 11 is 0. The van der Waals surface area contributed by atoms with Crippen LogP contribution in [0.15, 0.2) is 59.5 Å². The number of carbonyl (C=O) groups excluding carboxylic acids is 1. The standard InChI is InChI=1S/C18H15NO5S/c1-24-16-9-4-12-10-14(25(19,22)23)7-8-15(12)17(16)18(21)11-2-5-13(20)6-3-11/h2-10,20H,1H3,(H2,19,22,23). The molecule has 0 atom stereocenters. The highest BCUT2D eigenvalue weighted by Gasteiger charge is 2.19. The number of phenolic OH excluding ortho intramolecular Hbond substituents is 1. The smallest absolute Gasteiger partial charge is 0.238 e. The van der Waals surface area contributed by atoms with Gasteiger partial charge >= 0.3 is 0 Å². The summed E-state index contributed by atoms with van der Waals surface area (Å²) in [7, 11) is -2.39. The predicted octanol–water partition coefficient (Wildman–Crippen LogP) is 2.43. The van der Waals surface area contributed by atoms with Crippen LogP contribution < -0.4 is 9.88 Å². The third-order valence-electron chi connectivity index (χ3n) is 3.86. The van der Waals surface area contributed by atoms with E-state index in [4.69, 9.17) is 9.88 Å². The number of ketones is 1. The van der Waals surface area contributed by atoms with Crippen LogP contribution in [0.25, 0.3) is 10.8 Å². The third-order valence-corrected chi connectivity index (χ3v) is 4.77. The molecule has 0 fully saturated rings. The Kier molecular flexibility index (Phi) is 4.20. The van der Waals surface area contributed by atoms with Gasteiger partial charge in [0.05, 0.1) is 17.6 Å². The number of nitrogens with two attached hydrogens (primary N) is 1. The molecule has 7 heteroatoms. The molecule has 0 heterocycles. The highest BCUT2D eigenvalue weighted by Crippen LogP contribution is 2.31. The Bertz CT molecular complexity index is 1070. The maximum atomic E-state index is 12.9. The molecular formula is C18H15NO5S. The maximum absolute atomic E-state index is 12.9. The number of methoxy groups -OCH3 is 1. The third kappa shape index (κ3) is 3.19.